The normalized spacial score (nSPS) is 15.2. The summed E-state index contributed by atoms with van der Waals surface area (Å²) in [5.41, 5.74) is 18.1. The molecule has 8 bridgehead atoms. The molecule has 0 unspecified atom stereocenters. The summed E-state index contributed by atoms with van der Waals surface area (Å²) in [5.74, 6) is 0. The monoisotopic (exact) mass is 662 g/mol. The minimum Gasteiger partial charge on any atom is -0.354 e. The highest BCUT2D eigenvalue weighted by atomic mass is 14.8. The first-order valence-electron chi connectivity index (χ1n) is 18.5. The van der Waals surface area contributed by atoms with E-state index < -0.39 is 0 Å². The first kappa shape index (κ1) is 36.3. The van der Waals surface area contributed by atoms with E-state index in [-0.39, 0.29) is 0 Å². The van der Waals surface area contributed by atoms with Crippen LogP contribution in [0.25, 0.3) is 44.4 Å². The Morgan fingerprint density at radius 3 is 1.00 bits per heavy atom. The van der Waals surface area contributed by atoms with Crippen LogP contribution in [0.4, 0.5) is 0 Å². The Kier molecular flexibility index (Phi) is 12.4. The number of aromatic nitrogens is 4. The second-order valence-electron chi connectivity index (χ2n) is 12.7. The van der Waals surface area contributed by atoms with Crippen molar-refractivity contribution in [1.82, 2.24) is 19.9 Å². The van der Waals surface area contributed by atoms with Crippen molar-refractivity contribution in [2.75, 3.05) is 0 Å². The SMILES string of the molecule is C/C=C\C(=C/C)c1c2nc(c(C(/C=C\CC)=C/C)c3ccc([nH]3)c(C(/C=C\CC)=C/C)c3nc(c(C(/C=C\C)=C/C)c4ccc1[nH]4)CC3)CC2. The quantitative estimate of drug-likeness (QED) is 0.212. The number of aromatic amines is 2. The molecule has 0 atom stereocenters. The van der Waals surface area contributed by atoms with Crippen molar-refractivity contribution in [2.24, 2.45) is 0 Å². The van der Waals surface area contributed by atoms with E-state index in [9.17, 15) is 0 Å². The Morgan fingerprint density at radius 2 is 0.760 bits per heavy atom. The first-order chi connectivity index (χ1) is 24.5. The van der Waals surface area contributed by atoms with E-state index in [4.69, 9.17) is 9.97 Å². The van der Waals surface area contributed by atoms with Gasteiger partial charge in [-0.1, -0.05) is 86.8 Å². The molecule has 5 heterocycles. The predicted molar refractivity (Wildman–Crippen MR) is 219 cm³/mol. The van der Waals surface area contributed by atoms with Crippen LogP contribution in [0.15, 0.2) is 97.2 Å². The summed E-state index contributed by atoms with van der Waals surface area (Å²) in [6, 6.07) is 8.94. The highest BCUT2D eigenvalue weighted by Crippen LogP contribution is 2.35. The predicted octanol–water partition coefficient (Wildman–Crippen LogP) is 12.6. The molecular weight excluding hydrogens is 609 g/mol. The zero-order chi connectivity index (χ0) is 35.6. The second-order valence-corrected chi connectivity index (χ2v) is 12.7. The van der Waals surface area contributed by atoms with Crippen molar-refractivity contribution in [1.29, 1.82) is 0 Å². The van der Waals surface area contributed by atoms with Crippen LogP contribution in [0.2, 0.25) is 0 Å². The fourth-order valence-corrected chi connectivity index (χ4v) is 7.17. The molecule has 0 fully saturated rings. The highest BCUT2D eigenvalue weighted by Gasteiger charge is 2.22. The smallest absolute Gasteiger partial charge is 0.0510 e. The van der Waals surface area contributed by atoms with E-state index in [2.05, 4.69) is 163 Å². The van der Waals surface area contributed by atoms with Gasteiger partial charge in [0.05, 0.1) is 22.8 Å². The number of allylic oxidation sites excluding steroid dienone is 16. The van der Waals surface area contributed by atoms with Gasteiger partial charge in [0.1, 0.15) is 0 Å². The third-order valence-electron chi connectivity index (χ3n) is 9.50. The van der Waals surface area contributed by atoms with E-state index in [0.717, 1.165) is 117 Å². The van der Waals surface area contributed by atoms with Gasteiger partial charge in [-0.3, -0.25) is 9.97 Å². The molecule has 50 heavy (non-hydrogen) atoms. The van der Waals surface area contributed by atoms with Crippen LogP contribution < -0.4 is 0 Å². The lowest BCUT2D eigenvalue weighted by Gasteiger charge is -2.08. The van der Waals surface area contributed by atoms with Gasteiger partial charge >= 0.3 is 0 Å². The summed E-state index contributed by atoms with van der Waals surface area (Å²) < 4.78 is 0. The molecule has 3 aromatic heterocycles. The van der Waals surface area contributed by atoms with E-state index in [1.807, 2.05) is 0 Å². The number of nitrogens with zero attached hydrogens (tertiary/aromatic N) is 2. The van der Waals surface area contributed by atoms with Crippen molar-refractivity contribution in [3.63, 3.8) is 0 Å². The molecule has 5 rings (SSSR count). The van der Waals surface area contributed by atoms with Gasteiger partial charge in [0.15, 0.2) is 0 Å². The Hall–Kier alpha value is -4.96. The molecule has 2 aliphatic rings. The summed E-state index contributed by atoms with van der Waals surface area (Å²) in [6.07, 6.45) is 31.8. The Bertz CT molecular complexity index is 1980. The van der Waals surface area contributed by atoms with Crippen molar-refractivity contribution in [2.45, 2.75) is 93.9 Å². The van der Waals surface area contributed by atoms with E-state index >= 15 is 0 Å². The van der Waals surface area contributed by atoms with Crippen LogP contribution >= 0.6 is 0 Å². The molecule has 2 aliphatic heterocycles. The number of nitrogens with one attached hydrogen (secondary N) is 2. The maximum atomic E-state index is 5.51. The maximum absolute atomic E-state index is 5.51. The minimum absolute atomic E-state index is 0.862. The van der Waals surface area contributed by atoms with Crippen LogP contribution in [0.3, 0.4) is 0 Å². The van der Waals surface area contributed by atoms with Crippen LogP contribution in [-0.4, -0.2) is 19.9 Å². The molecule has 4 nitrogen and oxygen atoms in total. The van der Waals surface area contributed by atoms with Gasteiger partial charge in [0, 0.05) is 44.3 Å². The number of rotatable bonds is 10. The van der Waals surface area contributed by atoms with E-state index in [1.54, 1.807) is 0 Å². The molecule has 0 spiro atoms. The highest BCUT2D eigenvalue weighted by molar-refractivity contribution is 5.92. The molecule has 258 valence electrons. The third kappa shape index (κ3) is 7.45. The molecule has 0 aromatic carbocycles. The fourth-order valence-electron chi connectivity index (χ4n) is 7.17. The third-order valence-corrected chi connectivity index (χ3v) is 9.50. The lowest BCUT2D eigenvalue weighted by atomic mass is 9.99. The lowest BCUT2D eigenvalue weighted by molar-refractivity contribution is 1.02. The average molecular weight is 663 g/mol. The van der Waals surface area contributed by atoms with E-state index in [1.165, 1.54) is 11.1 Å². The molecule has 4 heteroatoms. The number of hydrogen-bond acceptors (Lipinski definition) is 2. The average Bonchev–Trinajstić information content (AvgIpc) is 3.97. The lowest BCUT2D eigenvalue weighted by Crippen LogP contribution is -1.93. The number of fused-ring (bicyclic) bond motifs is 8. The van der Waals surface area contributed by atoms with Crippen LogP contribution in [0.5, 0.6) is 0 Å². The Balaban J connectivity index is 2.09. The molecule has 0 saturated heterocycles. The maximum Gasteiger partial charge on any atom is 0.0510 e. The number of aryl methyl sites for hydroxylation is 4. The number of H-pyrrole nitrogens is 2. The largest absolute Gasteiger partial charge is 0.354 e. The standard InChI is InChI=1S/C46H54N4/c1-9-17-21-33(15-7)45-39-27-25-37(48-39)43(31(13-5)19-11-3)35-23-24-36(47-35)44(32(14-6)20-12-4)38-26-28-40(49-38)46(34(16-8)22-18-10-2)42-30-29-41(45)50-42/h11-24,29-30,47,50H,9-10,25-28H2,1-8H3/b19-11-,20-12-,21-17-,22-18-,31-13+,32-14+,33-15+,34-16+,43-35?,43-37?,44-36?,44-38?,45-39?,45-41?,46-40?,46-42?. The fraction of sp³-hybridized carbons (Fsp3) is 0.304. The van der Waals surface area contributed by atoms with Gasteiger partial charge in [0.25, 0.3) is 0 Å². The molecular formula is C46H54N4. The zero-order valence-corrected chi connectivity index (χ0v) is 31.4. The zero-order valence-electron chi connectivity index (χ0n) is 31.4. The molecule has 0 aliphatic carbocycles. The summed E-state index contributed by atoms with van der Waals surface area (Å²) in [5, 5.41) is 0. The molecule has 3 aromatic rings. The molecule has 0 radical (unpaired) electrons. The summed E-state index contributed by atoms with van der Waals surface area (Å²) in [4.78, 5) is 18.8. The second kappa shape index (κ2) is 17.1. The van der Waals surface area contributed by atoms with Crippen molar-refractivity contribution >= 4 is 44.4 Å². The molecule has 0 saturated carbocycles. The summed E-state index contributed by atoms with van der Waals surface area (Å²) in [6.45, 7) is 17.0. The first-order valence-corrected chi connectivity index (χ1v) is 18.5. The van der Waals surface area contributed by atoms with Crippen LogP contribution in [0, 0.1) is 0 Å². The van der Waals surface area contributed by atoms with Gasteiger partial charge in [-0.05, 0) is 127 Å². The van der Waals surface area contributed by atoms with Crippen molar-refractivity contribution in [3.8, 4) is 0 Å². The molecule has 2 N–H and O–H groups in total. The van der Waals surface area contributed by atoms with Gasteiger partial charge in [-0.2, -0.15) is 0 Å². The Labute approximate surface area is 299 Å². The summed E-state index contributed by atoms with van der Waals surface area (Å²) in [7, 11) is 0. The van der Waals surface area contributed by atoms with Crippen molar-refractivity contribution < 1.29 is 0 Å². The van der Waals surface area contributed by atoms with Gasteiger partial charge in [0.2, 0.25) is 0 Å². The van der Waals surface area contributed by atoms with Crippen LogP contribution in [0.1, 0.15) is 113 Å². The van der Waals surface area contributed by atoms with Crippen molar-refractivity contribution in [3.05, 3.63) is 142 Å². The van der Waals surface area contributed by atoms with Gasteiger partial charge in [-0.25, -0.2) is 0 Å². The topological polar surface area (TPSA) is 57.4 Å². The minimum atomic E-state index is 0.862. The molecule has 0 amide bonds. The van der Waals surface area contributed by atoms with Crippen LogP contribution in [-0.2, 0) is 25.7 Å². The van der Waals surface area contributed by atoms with Gasteiger partial charge < -0.3 is 9.97 Å². The summed E-state index contributed by atoms with van der Waals surface area (Å²) >= 11 is 0. The van der Waals surface area contributed by atoms with Gasteiger partial charge in [-0.15, -0.1) is 0 Å². The Morgan fingerprint density at radius 1 is 0.480 bits per heavy atom. The van der Waals surface area contributed by atoms with E-state index in [0.29, 0.717) is 0 Å². The number of hydrogen-bond donors (Lipinski definition) is 2.